The van der Waals surface area contributed by atoms with Crippen LogP contribution >= 0.6 is 0 Å². The third kappa shape index (κ3) is 1.03. The van der Waals surface area contributed by atoms with Gasteiger partial charge in [-0.25, -0.2) is 9.97 Å². The number of hydrogen-bond donors (Lipinski definition) is 1. The number of rotatable bonds is 0. The van der Waals surface area contributed by atoms with Gasteiger partial charge in [0.15, 0.2) is 11.5 Å². The molecule has 4 heteroatoms. The van der Waals surface area contributed by atoms with Crippen molar-refractivity contribution in [3.8, 4) is 6.07 Å². The number of nitriles is 1. The quantitative estimate of drug-likeness (QED) is 0.551. The molecule has 0 unspecified atom stereocenters. The maximum atomic E-state index is 8.38. The predicted octanol–water partition coefficient (Wildman–Crippen LogP) is 0.239. The van der Waals surface area contributed by atoms with Crippen LogP contribution in [0.1, 0.15) is 11.4 Å². The van der Waals surface area contributed by atoms with Crippen molar-refractivity contribution in [1.29, 1.82) is 5.26 Å². The Bertz CT molecular complexity index is 286. The highest BCUT2D eigenvalue weighted by Gasteiger charge is 1.98. The van der Waals surface area contributed by atoms with E-state index < -0.39 is 0 Å². The molecule has 0 saturated heterocycles. The first-order valence-electron chi connectivity index (χ1n) is 2.73. The van der Waals surface area contributed by atoms with E-state index in [0.29, 0.717) is 0 Å². The van der Waals surface area contributed by atoms with Gasteiger partial charge in [0.1, 0.15) is 6.07 Å². The number of aromatic nitrogens is 2. The molecule has 0 amide bonds. The summed E-state index contributed by atoms with van der Waals surface area (Å²) in [5.74, 6) is 0.197. The van der Waals surface area contributed by atoms with E-state index in [9.17, 15) is 0 Å². The average molecular weight is 134 g/mol. The highest BCUT2D eigenvalue weighted by Crippen LogP contribution is 2.02. The zero-order valence-electron chi connectivity index (χ0n) is 5.50. The minimum absolute atomic E-state index is 0.186. The second-order valence-electron chi connectivity index (χ2n) is 1.86. The molecule has 0 spiro atoms. The van der Waals surface area contributed by atoms with Crippen molar-refractivity contribution in [2.45, 2.75) is 6.92 Å². The fourth-order valence-corrected chi connectivity index (χ4v) is 0.582. The van der Waals surface area contributed by atoms with Crippen LogP contribution in [0.3, 0.4) is 0 Å². The summed E-state index contributed by atoms with van der Waals surface area (Å²) < 4.78 is 0. The first kappa shape index (κ1) is 6.49. The Morgan fingerprint density at radius 1 is 1.70 bits per heavy atom. The van der Waals surface area contributed by atoms with Gasteiger partial charge in [-0.3, -0.25) is 0 Å². The van der Waals surface area contributed by atoms with E-state index in [1.165, 1.54) is 6.20 Å². The van der Waals surface area contributed by atoms with E-state index in [0.717, 1.165) is 5.69 Å². The Kier molecular flexibility index (Phi) is 1.50. The smallest absolute Gasteiger partial charge is 0.182 e. The van der Waals surface area contributed by atoms with E-state index >= 15 is 0 Å². The predicted molar refractivity (Wildman–Crippen MR) is 35.9 cm³/mol. The minimum atomic E-state index is 0.186. The van der Waals surface area contributed by atoms with Crippen LogP contribution in [0.5, 0.6) is 0 Å². The molecule has 0 bridgehead atoms. The lowest BCUT2D eigenvalue weighted by Crippen LogP contribution is -1.98. The van der Waals surface area contributed by atoms with Crippen LogP contribution in [-0.4, -0.2) is 9.97 Å². The Hall–Kier alpha value is -1.63. The van der Waals surface area contributed by atoms with Crippen molar-refractivity contribution >= 4 is 5.82 Å². The highest BCUT2D eigenvalue weighted by molar-refractivity contribution is 5.42. The van der Waals surface area contributed by atoms with Crippen molar-refractivity contribution in [2.75, 3.05) is 5.73 Å². The van der Waals surface area contributed by atoms with Crippen molar-refractivity contribution in [2.24, 2.45) is 0 Å². The van der Waals surface area contributed by atoms with Crippen molar-refractivity contribution in [1.82, 2.24) is 9.97 Å². The molecule has 50 valence electrons. The lowest BCUT2D eigenvalue weighted by atomic mass is 10.4. The van der Waals surface area contributed by atoms with Crippen LogP contribution in [0.25, 0.3) is 0 Å². The molecule has 0 aliphatic carbocycles. The van der Waals surface area contributed by atoms with Gasteiger partial charge < -0.3 is 5.73 Å². The molecule has 1 aromatic heterocycles. The molecule has 0 atom stereocenters. The zero-order chi connectivity index (χ0) is 7.56. The third-order valence-electron chi connectivity index (χ3n) is 1.03. The van der Waals surface area contributed by atoms with E-state index in [1.54, 1.807) is 6.92 Å². The summed E-state index contributed by atoms with van der Waals surface area (Å²) in [5, 5.41) is 8.38. The molecular weight excluding hydrogens is 128 g/mol. The first-order chi connectivity index (χ1) is 4.74. The summed E-state index contributed by atoms with van der Waals surface area (Å²) in [4.78, 5) is 7.58. The fourth-order valence-electron chi connectivity index (χ4n) is 0.582. The molecule has 0 radical (unpaired) electrons. The summed E-state index contributed by atoms with van der Waals surface area (Å²) in [6.45, 7) is 1.77. The topological polar surface area (TPSA) is 75.6 Å². The van der Waals surface area contributed by atoms with Gasteiger partial charge >= 0.3 is 0 Å². The van der Waals surface area contributed by atoms with E-state index in [1.807, 2.05) is 6.07 Å². The Labute approximate surface area is 58.3 Å². The summed E-state index contributed by atoms with van der Waals surface area (Å²) in [6, 6.07) is 1.82. The number of anilines is 1. The first-order valence-corrected chi connectivity index (χ1v) is 2.73. The van der Waals surface area contributed by atoms with Gasteiger partial charge in [0.05, 0.1) is 5.69 Å². The molecule has 1 heterocycles. The molecule has 10 heavy (non-hydrogen) atoms. The van der Waals surface area contributed by atoms with E-state index in [2.05, 4.69) is 9.97 Å². The molecular formula is C6H6N4. The summed E-state index contributed by atoms with van der Waals surface area (Å²) >= 11 is 0. The minimum Gasteiger partial charge on any atom is -0.381 e. The molecule has 1 aromatic rings. The molecule has 0 aromatic carbocycles. The number of nitrogens with two attached hydrogens (primary N) is 1. The molecule has 0 fully saturated rings. The maximum absolute atomic E-state index is 8.38. The Morgan fingerprint density at radius 2 is 2.40 bits per heavy atom. The normalized spacial score (nSPS) is 8.80. The van der Waals surface area contributed by atoms with E-state index in [-0.39, 0.29) is 11.5 Å². The van der Waals surface area contributed by atoms with Gasteiger partial charge in [-0.2, -0.15) is 5.26 Å². The number of nitrogens with zero attached hydrogens (tertiary/aromatic N) is 3. The largest absolute Gasteiger partial charge is 0.381 e. The maximum Gasteiger partial charge on any atom is 0.182 e. The summed E-state index contributed by atoms with van der Waals surface area (Å²) in [7, 11) is 0. The van der Waals surface area contributed by atoms with Gasteiger partial charge in [0.25, 0.3) is 0 Å². The van der Waals surface area contributed by atoms with Gasteiger partial charge in [0, 0.05) is 6.20 Å². The van der Waals surface area contributed by atoms with Crippen molar-refractivity contribution < 1.29 is 0 Å². The lowest BCUT2D eigenvalue weighted by Gasteiger charge is -1.94. The van der Waals surface area contributed by atoms with Crippen LogP contribution in [0, 0.1) is 18.3 Å². The number of hydrogen-bond acceptors (Lipinski definition) is 4. The number of nitrogen functional groups attached to an aromatic ring is 1. The molecule has 1 rings (SSSR count). The monoisotopic (exact) mass is 134 g/mol. The van der Waals surface area contributed by atoms with Gasteiger partial charge in [-0.05, 0) is 6.92 Å². The molecule has 0 aliphatic heterocycles. The third-order valence-corrected chi connectivity index (χ3v) is 1.03. The van der Waals surface area contributed by atoms with Crippen LogP contribution in [0.4, 0.5) is 5.82 Å². The van der Waals surface area contributed by atoms with Gasteiger partial charge in [-0.15, -0.1) is 0 Å². The SMILES string of the molecule is Cc1cnc(C#N)c(N)n1. The zero-order valence-corrected chi connectivity index (χ0v) is 5.50. The standard InChI is InChI=1S/C6H6N4/c1-4-3-9-5(2-7)6(8)10-4/h3H,1H3,(H2,8,10). The van der Waals surface area contributed by atoms with Crippen LogP contribution < -0.4 is 5.73 Å². The second-order valence-corrected chi connectivity index (χ2v) is 1.86. The van der Waals surface area contributed by atoms with E-state index in [4.69, 9.17) is 11.0 Å². The molecule has 0 aliphatic rings. The average Bonchev–Trinajstić information content (AvgIpc) is 1.88. The lowest BCUT2D eigenvalue weighted by molar-refractivity contribution is 1.10. The second kappa shape index (κ2) is 2.31. The highest BCUT2D eigenvalue weighted by atomic mass is 14.9. The summed E-state index contributed by atoms with van der Waals surface area (Å²) in [6.07, 6.45) is 1.51. The van der Waals surface area contributed by atoms with Crippen molar-refractivity contribution in [3.05, 3.63) is 17.6 Å². The Balaban J connectivity index is 3.23. The molecule has 0 saturated carbocycles. The molecule has 2 N–H and O–H groups in total. The van der Waals surface area contributed by atoms with Crippen molar-refractivity contribution in [3.63, 3.8) is 0 Å². The molecule has 4 nitrogen and oxygen atoms in total. The van der Waals surface area contributed by atoms with Crippen LogP contribution in [0.15, 0.2) is 6.20 Å². The summed E-state index contributed by atoms with van der Waals surface area (Å²) in [5.41, 5.74) is 6.24. The fraction of sp³-hybridized carbons (Fsp3) is 0.167. The van der Waals surface area contributed by atoms with Crippen LogP contribution in [0.2, 0.25) is 0 Å². The number of aryl methyl sites for hydroxylation is 1. The van der Waals surface area contributed by atoms with Crippen LogP contribution in [-0.2, 0) is 0 Å². The van der Waals surface area contributed by atoms with Gasteiger partial charge in [0.2, 0.25) is 0 Å². The van der Waals surface area contributed by atoms with Gasteiger partial charge in [-0.1, -0.05) is 0 Å². The Morgan fingerprint density at radius 3 is 2.90 bits per heavy atom.